The monoisotopic (exact) mass is 218 g/mol. The lowest BCUT2D eigenvalue weighted by atomic mass is 10.1. The quantitative estimate of drug-likeness (QED) is 0.855. The van der Waals surface area contributed by atoms with Crippen molar-refractivity contribution in [3.8, 4) is 0 Å². The van der Waals surface area contributed by atoms with E-state index in [1.54, 1.807) is 12.1 Å². The number of hydrogen-bond acceptors (Lipinski definition) is 3. The third-order valence-corrected chi connectivity index (χ3v) is 2.59. The van der Waals surface area contributed by atoms with Crippen molar-refractivity contribution in [1.82, 2.24) is 0 Å². The Hall–Kier alpha value is -1.61. The predicted molar refractivity (Wildman–Crippen MR) is 62.7 cm³/mol. The lowest BCUT2D eigenvalue weighted by Gasteiger charge is -2.02. The minimum Gasteiger partial charge on any atom is -0.461 e. The van der Waals surface area contributed by atoms with Gasteiger partial charge in [0.05, 0.1) is 5.39 Å². The first-order valence-corrected chi connectivity index (χ1v) is 5.41. The Bertz CT molecular complexity index is 555. The van der Waals surface area contributed by atoms with Crippen LogP contribution in [0.3, 0.4) is 0 Å². The van der Waals surface area contributed by atoms with E-state index in [0.29, 0.717) is 29.6 Å². The Morgan fingerprint density at radius 2 is 2.12 bits per heavy atom. The zero-order chi connectivity index (χ0) is 11.5. The van der Waals surface area contributed by atoms with Crippen LogP contribution in [0.25, 0.3) is 11.0 Å². The van der Waals surface area contributed by atoms with E-state index in [1.807, 2.05) is 13.0 Å². The third-order valence-electron chi connectivity index (χ3n) is 2.59. The molecule has 1 N–H and O–H groups in total. The van der Waals surface area contributed by atoms with Crippen molar-refractivity contribution in [2.45, 2.75) is 19.8 Å². The Morgan fingerprint density at radius 3 is 2.81 bits per heavy atom. The average Bonchev–Trinajstić information content (AvgIpc) is 2.30. The highest BCUT2D eigenvalue weighted by atomic mass is 16.3. The molecule has 3 nitrogen and oxygen atoms in total. The SMILES string of the molecule is CCc1cc(=O)c2cc(CCO)ccc2o1. The van der Waals surface area contributed by atoms with Gasteiger partial charge < -0.3 is 9.52 Å². The Kier molecular flexibility index (Phi) is 3.06. The molecule has 0 unspecified atom stereocenters. The summed E-state index contributed by atoms with van der Waals surface area (Å²) in [5.41, 5.74) is 1.55. The fourth-order valence-corrected chi connectivity index (χ4v) is 1.71. The van der Waals surface area contributed by atoms with Gasteiger partial charge in [0.25, 0.3) is 0 Å². The number of hydrogen-bond donors (Lipinski definition) is 1. The highest BCUT2D eigenvalue weighted by Crippen LogP contribution is 2.15. The van der Waals surface area contributed by atoms with Crippen molar-refractivity contribution in [2.75, 3.05) is 6.61 Å². The minimum absolute atomic E-state index is 0.0158. The highest BCUT2D eigenvalue weighted by molar-refractivity contribution is 5.77. The molecule has 0 aliphatic carbocycles. The van der Waals surface area contributed by atoms with Crippen LogP contribution in [0.2, 0.25) is 0 Å². The van der Waals surface area contributed by atoms with Gasteiger partial charge in [-0.3, -0.25) is 4.79 Å². The first-order chi connectivity index (χ1) is 7.74. The minimum atomic E-state index is -0.0158. The van der Waals surface area contributed by atoms with Crippen molar-refractivity contribution in [3.63, 3.8) is 0 Å². The Morgan fingerprint density at radius 1 is 1.31 bits per heavy atom. The second kappa shape index (κ2) is 4.49. The van der Waals surface area contributed by atoms with Crippen molar-refractivity contribution in [1.29, 1.82) is 0 Å². The number of aliphatic hydroxyl groups excluding tert-OH is 1. The molecule has 84 valence electrons. The van der Waals surface area contributed by atoms with Gasteiger partial charge in [-0.1, -0.05) is 13.0 Å². The van der Waals surface area contributed by atoms with E-state index in [0.717, 1.165) is 5.56 Å². The molecule has 16 heavy (non-hydrogen) atoms. The van der Waals surface area contributed by atoms with E-state index in [1.165, 1.54) is 6.07 Å². The summed E-state index contributed by atoms with van der Waals surface area (Å²) in [6, 6.07) is 6.99. The zero-order valence-corrected chi connectivity index (χ0v) is 9.19. The van der Waals surface area contributed by atoms with E-state index in [4.69, 9.17) is 9.52 Å². The van der Waals surface area contributed by atoms with E-state index < -0.39 is 0 Å². The smallest absolute Gasteiger partial charge is 0.192 e. The molecular weight excluding hydrogens is 204 g/mol. The standard InChI is InChI=1S/C13H14O3/c1-2-10-8-12(15)11-7-9(5-6-14)3-4-13(11)16-10/h3-4,7-8,14H,2,5-6H2,1H3. The first-order valence-electron chi connectivity index (χ1n) is 5.41. The van der Waals surface area contributed by atoms with Crippen LogP contribution in [0, 0.1) is 0 Å². The first kappa shape index (κ1) is 10.9. The van der Waals surface area contributed by atoms with Crippen molar-refractivity contribution in [2.24, 2.45) is 0 Å². The number of rotatable bonds is 3. The molecule has 0 spiro atoms. The normalized spacial score (nSPS) is 10.9. The van der Waals surface area contributed by atoms with Crippen LogP contribution in [-0.2, 0) is 12.8 Å². The zero-order valence-electron chi connectivity index (χ0n) is 9.19. The van der Waals surface area contributed by atoms with E-state index in [9.17, 15) is 4.79 Å². The fraction of sp³-hybridized carbons (Fsp3) is 0.308. The summed E-state index contributed by atoms with van der Waals surface area (Å²) in [4.78, 5) is 11.8. The van der Waals surface area contributed by atoms with Crippen LogP contribution in [0.4, 0.5) is 0 Å². The van der Waals surface area contributed by atoms with Crippen molar-refractivity contribution in [3.05, 3.63) is 45.8 Å². The maximum atomic E-state index is 11.8. The van der Waals surface area contributed by atoms with Gasteiger partial charge in [0.15, 0.2) is 5.43 Å². The second-order valence-corrected chi connectivity index (χ2v) is 3.73. The lowest BCUT2D eigenvalue weighted by Crippen LogP contribution is -2.02. The summed E-state index contributed by atoms with van der Waals surface area (Å²) >= 11 is 0. The van der Waals surface area contributed by atoms with Gasteiger partial charge in [-0.05, 0) is 24.1 Å². The molecule has 2 rings (SSSR count). The van der Waals surface area contributed by atoms with Crippen LogP contribution in [0.5, 0.6) is 0 Å². The summed E-state index contributed by atoms with van der Waals surface area (Å²) in [6.07, 6.45) is 1.27. The topological polar surface area (TPSA) is 50.4 Å². The molecular formula is C13H14O3. The van der Waals surface area contributed by atoms with Crippen molar-refractivity contribution < 1.29 is 9.52 Å². The molecule has 0 aliphatic rings. The van der Waals surface area contributed by atoms with Gasteiger partial charge in [-0.15, -0.1) is 0 Å². The summed E-state index contributed by atoms with van der Waals surface area (Å²) < 4.78 is 5.56. The molecule has 0 aliphatic heterocycles. The molecule has 2 aromatic rings. The lowest BCUT2D eigenvalue weighted by molar-refractivity contribution is 0.299. The summed E-state index contributed by atoms with van der Waals surface area (Å²) in [5, 5.41) is 9.43. The second-order valence-electron chi connectivity index (χ2n) is 3.73. The van der Waals surface area contributed by atoms with Gasteiger partial charge in [0.2, 0.25) is 0 Å². The van der Waals surface area contributed by atoms with Gasteiger partial charge in [0, 0.05) is 19.1 Å². The Balaban J connectivity index is 2.61. The van der Waals surface area contributed by atoms with Crippen LogP contribution >= 0.6 is 0 Å². The van der Waals surface area contributed by atoms with E-state index in [2.05, 4.69) is 0 Å². The van der Waals surface area contributed by atoms with Crippen LogP contribution < -0.4 is 5.43 Å². The Labute approximate surface area is 93.3 Å². The van der Waals surface area contributed by atoms with Gasteiger partial charge in [-0.2, -0.15) is 0 Å². The molecule has 1 aromatic carbocycles. The molecule has 1 heterocycles. The number of aryl methyl sites for hydroxylation is 1. The van der Waals surface area contributed by atoms with Crippen LogP contribution in [-0.4, -0.2) is 11.7 Å². The summed E-state index contributed by atoms with van der Waals surface area (Å²) in [7, 11) is 0. The summed E-state index contributed by atoms with van der Waals surface area (Å²) in [6.45, 7) is 2.04. The molecule has 1 aromatic heterocycles. The molecule has 0 amide bonds. The fourth-order valence-electron chi connectivity index (χ4n) is 1.71. The van der Waals surface area contributed by atoms with Crippen LogP contribution in [0.1, 0.15) is 18.2 Å². The third kappa shape index (κ3) is 1.99. The van der Waals surface area contributed by atoms with Gasteiger partial charge in [0.1, 0.15) is 11.3 Å². The molecule has 0 atom stereocenters. The number of aliphatic hydroxyl groups is 1. The largest absolute Gasteiger partial charge is 0.461 e. The van der Waals surface area contributed by atoms with Gasteiger partial charge >= 0.3 is 0 Å². The predicted octanol–water partition coefficient (Wildman–Crippen LogP) is 1.89. The molecule has 0 saturated heterocycles. The molecule has 0 fully saturated rings. The van der Waals surface area contributed by atoms with Crippen molar-refractivity contribution >= 4 is 11.0 Å². The average molecular weight is 218 g/mol. The van der Waals surface area contributed by atoms with Gasteiger partial charge in [-0.25, -0.2) is 0 Å². The summed E-state index contributed by atoms with van der Waals surface area (Å²) in [5.74, 6) is 0.701. The maximum Gasteiger partial charge on any atom is 0.192 e. The maximum absolute atomic E-state index is 11.8. The molecule has 0 radical (unpaired) electrons. The van der Waals surface area contributed by atoms with E-state index in [-0.39, 0.29) is 12.0 Å². The number of fused-ring (bicyclic) bond motifs is 1. The molecule has 0 bridgehead atoms. The highest BCUT2D eigenvalue weighted by Gasteiger charge is 2.04. The van der Waals surface area contributed by atoms with Crippen LogP contribution in [0.15, 0.2) is 33.5 Å². The van der Waals surface area contributed by atoms with E-state index >= 15 is 0 Å². The molecule has 0 saturated carbocycles. The number of benzene rings is 1. The molecule has 3 heteroatoms.